The van der Waals surface area contributed by atoms with Gasteiger partial charge in [-0.2, -0.15) is 0 Å². The smallest absolute Gasteiger partial charge is 0.257 e. The Morgan fingerprint density at radius 3 is 2.86 bits per heavy atom. The van der Waals surface area contributed by atoms with Crippen molar-refractivity contribution >= 4 is 0 Å². The Bertz CT molecular complexity index is 262. The lowest BCUT2D eigenvalue weighted by atomic mass is 10.2. The van der Waals surface area contributed by atoms with Crippen LogP contribution < -0.4 is 5.73 Å². The summed E-state index contributed by atoms with van der Waals surface area (Å²) in [6, 6.07) is 0. The highest BCUT2D eigenvalue weighted by Gasteiger charge is 2.06. The number of nitrogens with zero attached hydrogens (tertiary/aromatic N) is 3. The van der Waals surface area contributed by atoms with Gasteiger partial charge in [0.2, 0.25) is 0 Å². The van der Waals surface area contributed by atoms with E-state index in [2.05, 4.69) is 10.3 Å². The number of unbranched alkanes of at least 4 members (excludes halogenated alkanes) is 1. The molecule has 1 heterocycles. The van der Waals surface area contributed by atoms with Gasteiger partial charge < -0.3 is 5.73 Å². The second-order valence-corrected chi connectivity index (χ2v) is 3.07. The summed E-state index contributed by atoms with van der Waals surface area (Å²) in [4.78, 5) is 0. The predicted molar refractivity (Wildman–Crippen MR) is 48.0 cm³/mol. The molecule has 0 aromatic carbocycles. The summed E-state index contributed by atoms with van der Waals surface area (Å²) >= 11 is 0. The third kappa shape index (κ3) is 3.78. The minimum absolute atomic E-state index is 0.385. The van der Waals surface area contributed by atoms with Crippen LogP contribution in [-0.4, -0.2) is 28.0 Å². The third-order valence-corrected chi connectivity index (χ3v) is 1.80. The third-order valence-electron chi connectivity index (χ3n) is 1.80. The standard InChI is InChI=1S/C8H14F2N4/c9-8(10)6-14-5-7(12-13-14)3-1-2-4-11/h5,8H,1-4,6,11H2. The van der Waals surface area contributed by atoms with Crippen LogP contribution in [0, 0.1) is 0 Å². The average molecular weight is 204 g/mol. The molecule has 14 heavy (non-hydrogen) atoms. The van der Waals surface area contributed by atoms with Crippen molar-refractivity contribution < 1.29 is 8.78 Å². The fourth-order valence-corrected chi connectivity index (χ4v) is 1.13. The first-order valence-electron chi connectivity index (χ1n) is 4.59. The molecule has 0 fully saturated rings. The van der Waals surface area contributed by atoms with E-state index in [9.17, 15) is 8.78 Å². The number of hydrogen-bond acceptors (Lipinski definition) is 3. The molecule has 0 bridgehead atoms. The van der Waals surface area contributed by atoms with Crippen molar-refractivity contribution in [3.8, 4) is 0 Å². The summed E-state index contributed by atoms with van der Waals surface area (Å²) in [5.74, 6) is 0. The van der Waals surface area contributed by atoms with E-state index in [-0.39, 0.29) is 6.54 Å². The van der Waals surface area contributed by atoms with Gasteiger partial charge >= 0.3 is 0 Å². The molecule has 0 unspecified atom stereocenters. The first-order chi connectivity index (χ1) is 6.72. The lowest BCUT2D eigenvalue weighted by Crippen LogP contribution is -2.06. The zero-order chi connectivity index (χ0) is 10.4. The number of halogens is 2. The van der Waals surface area contributed by atoms with Crippen LogP contribution in [0.5, 0.6) is 0 Å². The molecular formula is C8H14F2N4. The zero-order valence-electron chi connectivity index (χ0n) is 7.87. The van der Waals surface area contributed by atoms with E-state index in [4.69, 9.17) is 5.73 Å². The summed E-state index contributed by atoms with van der Waals surface area (Å²) in [5, 5.41) is 7.37. The molecule has 80 valence electrons. The fourth-order valence-electron chi connectivity index (χ4n) is 1.13. The quantitative estimate of drug-likeness (QED) is 0.698. The molecular weight excluding hydrogens is 190 g/mol. The summed E-state index contributed by atoms with van der Waals surface area (Å²) in [6.07, 6.45) is 1.77. The van der Waals surface area contributed by atoms with E-state index in [1.165, 1.54) is 4.68 Å². The van der Waals surface area contributed by atoms with Gasteiger partial charge in [0.1, 0.15) is 6.54 Å². The van der Waals surface area contributed by atoms with E-state index in [1.54, 1.807) is 6.20 Å². The zero-order valence-corrected chi connectivity index (χ0v) is 7.87. The molecule has 0 saturated heterocycles. The van der Waals surface area contributed by atoms with Crippen molar-refractivity contribution in [3.63, 3.8) is 0 Å². The molecule has 4 nitrogen and oxygen atoms in total. The number of aromatic nitrogens is 3. The fraction of sp³-hybridized carbons (Fsp3) is 0.750. The Hall–Kier alpha value is -1.04. The Morgan fingerprint density at radius 2 is 2.21 bits per heavy atom. The van der Waals surface area contributed by atoms with Gasteiger partial charge in [-0.05, 0) is 25.8 Å². The molecule has 2 N–H and O–H groups in total. The molecule has 0 spiro atoms. The Morgan fingerprint density at radius 1 is 1.43 bits per heavy atom. The first kappa shape index (κ1) is 11.0. The monoisotopic (exact) mass is 204 g/mol. The van der Waals surface area contributed by atoms with E-state index >= 15 is 0 Å². The van der Waals surface area contributed by atoms with Crippen LogP contribution in [0.3, 0.4) is 0 Å². The molecule has 0 aliphatic rings. The summed E-state index contributed by atoms with van der Waals surface area (Å²) in [5.41, 5.74) is 6.07. The molecule has 0 aliphatic carbocycles. The Kier molecular flexibility index (Phi) is 4.45. The topological polar surface area (TPSA) is 56.7 Å². The van der Waals surface area contributed by atoms with Crippen molar-refractivity contribution in [3.05, 3.63) is 11.9 Å². The van der Waals surface area contributed by atoms with Crippen LogP contribution in [0.4, 0.5) is 8.78 Å². The second kappa shape index (κ2) is 5.64. The minimum Gasteiger partial charge on any atom is -0.330 e. The molecule has 0 atom stereocenters. The van der Waals surface area contributed by atoms with Crippen LogP contribution in [0.15, 0.2) is 6.20 Å². The van der Waals surface area contributed by atoms with Gasteiger partial charge in [0.25, 0.3) is 6.43 Å². The largest absolute Gasteiger partial charge is 0.330 e. The SMILES string of the molecule is NCCCCc1cn(CC(F)F)nn1. The molecule has 1 rings (SSSR count). The molecule has 0 saturated carbocycles. The van der Waals surface area contributed by atoms with Crippen molar-refractivity contribution in [2.45, 2.75) is 32.2 Å². The van der Waals surface area contributed by atoms with E-state index < -0.39 is 6.43 Å². The normalized spacial score (nSPS) is 11.1. The van der Waals surface area contributed by atoms with Crippen LogP contribution in [-0.2, 0) is 13.0 Å². The maximum absolute atomic E-state index is 11.9. The van der Waals surface area contributed by atoms with Gasteiger partial charge in [-0.15, -0.1) is 5.10 Å². The summed E-state index contributed by atoms with van der Waals surface area (Å²) < 4.78 is 25.0. The lowest BCUT2D eigenvalue weighted by Gasteiger charge is -1.96. The van der Waals surface area contributed by atoms with Gasteiger partial charge in [0.05, 0.1) is 5.69 Å². The average Bonchev–Trinajstić information content (AvgIpc) is 2.52. The number of rotatable bonds is 6. The van der Waals surface area contributed by atoms with Gasteiger partial charge in [0.15, 0.2) is 0 Å². The van der Waals surface area contributed by atoms with Crippen LogP contribution in [0.1, 0.15) is 18.5 Å². The van der Waals surface area contributed by atoms with E-state index in [0.29, 0.717) is 6.54 Å². The first-order valence-corrected chi connectivity index (χ1v) is 4.59. The van der Waals surface area contributed by atoms with Gasteiger partial charge in [-0.1, -0.05) is 5.21 Å². The van der Waals surface area contributed by atoms with Crippen LogP contribution in [0.2, 0.25) is 0 Å². The van der Waals surface area contributed by atoms with Crippen molar-refractivity contribution in [1.29, 1.82) is 0 Å². The van der Waals surface area contributed by atoms with E-state index in [0.717, 1.165) is 25.0 Å². The molecule has 1 aromatic heterocycles. The number of aryl methyl sites for hydroxylation is 1. The predicted octanol–water partition coefficient (Wildman–Crippen LogP) is 0.825. The molecule has 1 aromatic rings. The van der Waals surface area contributed by atoms with Gasteiger partial charge in [0, 0.05) is 6.20 Å². The van der Waals surface area contributed by atoms with Crippen molar-refractivity contribution in [2.24, 2.45) is 5.73 Å². The van der Waals surface area contributed by atoms with Gasteiger partial charge in [-0.3, -0.25) is 0 Å². The number of alkyl halides is 2. The Labute approximate surface area is 81.1 Å². The maximum atomic E-state index is 11.9. The summed E-state index contributed by atoms with van der Waals surface area (Å²) in [7, 11) is 0. The van der Waals surface area contributed by atoms with Crippen molar-refractivity contribution in [1.82, 2.24) is 15.0 Å². The van der Waals surface area contributed by atoms with Gasteiger partial charge in [-0.25, -0.2) is 13.5 Å². The van der Waals surface area contributed by atoms with Crippen LogP contribution in [0.25, 0.3) is 0 Å². The highest BCUT2D eigenvalue weighted by Crippen LogP contribution is 2.02. The van der Waals surface area contributed by atoms with E-state index in [1.807, 2.05) is 0 Å². The summed E-state index contributed by atoms with van der Waals surface area (Å²) in [6.45, 7) is 0.259. The minimum atomic E-state index is -2.38. The highest BCUT2D eigenvalue weighted by molar-refractivity contribution is 4.92. The molecule has 0 aliphatic heterocycles. The Balaban J connectivity index is 2.35. The number of hydrogen-bond donors (Lipinski definition) is 1. The van der Waals surface area contributed by atoms with Crippen LogP contribution >= 0.6 is 0 Å². The van der Waals surface area contributed by atoms with Crippen molar-refractivity contribution in [2.75, 3.05) is 6.54 Å². The number of nitrogens with two attached hydrogens (primary N) is 1. The molecule has 0 amide bonds. The second-order valence-electron chi connectivity index (χ2n) is 3.07. The molecule has 0 radical (unpaired) electrons. The maximum Gasteiger partial charge on any atom is 0.257 e. The molecule has 6 heteroatoms. The lowest BCUT2D eigenvalue weighted by molar-refractivity contribution is 0.121. The highest BCUT2D eigenvalue weighted by atomic mass is 19.3.